The van der Waals surface area contributed by atoms with Gasteiger partial charge in [0.05, 0.1) is 4.47 Å². The molecule has 0 aromatic heterocycles. The van der Waals surface area contributed by atoms with Crippen molar-refractivity contribution in [3.8, 4) is 5.75 Å². The molecule has 0 saturated heterocycles. The van der Waals surface area contributed by atoms with Crippen LogP contribution in [0.2, 0.25) is 0 Å². The summed E-state index contributed by atoms with van der Waals surface area (Å²) in [7, 11) is 0. The molecule has 106 valence electrons. The summed E-state index contributed by atoms with van der Waals surface area (Å²) >= 11 is 3.53. The Balaban J connectivity index is 2.01. The molecule has 0 fully saturated rings. The Morgan fingerprint density at radius 1 is 1.10 bits per heavy atom. The fourth-order valence-electron chi connectivity index (χ4n) is 1.78. The zero-order valence-electron chi connectivity index (χ0n) is 11.9. The van der Waals surface area contributed by atoms with E-state index in [1.165, 1.54) is 5.56 Å². The summed E-state index contributed by atoms with van der Waals surface area (Å²) in [5.41, 5.74) is 2.25. The number of halogens is 1. The second-order valence-electron chi connectivity index (χ2n) is 5.19. The van der Waals surface area contributed by atoms with Gasteiger partial charge in [0.2, 0.25) is 0 Å². The highest BCUT2D eigenvalue weighted by molar-refractivity contribution is 9.10. The van der Waals surface area contributed by atoms with E-state index in [0.717, 1.165) is 22.5 Å². The average Bonchev–Trinajstić information content (AvgIpc) is 2.46. The van der Waals surface area contributed by atoms with Gasteiger partial charge < -0.3 is 10.1 Å². The first-order valence-electron chi connectivity index (χ1n) is 6.85. The van der Waals surface area contributed by atoms with Crippen LogP contribution in [0.1, 0.15) is 19.4 Å². The first-order chi connectivity index (χ1) is 9.65. The van der Waals surface area contributed by atoms with Gasteiger partial charge in [-0.15, -0.1) is 0 Å². The van der Waals surface area contributed by atoms with Crippen molar-refractivity contribution in [3.63, 3.8) is 0 Å². The van der Waals surface area contributed by atoms with Gasteiger partial charge in [0.1, 0.15) is 12.4 Å². The molecule has 0 bridgehead atoms. The molecule has 0 saturated carbocycles. The van der Waals surface area contributed by atoms with Gasteiger partial charge in [0.15, 0.2) is 0 Å². The van der Waals surface area contributed by atoms with Crippen LogP contribution in [0.4, 0.5) is 5.69 Å². The molecule has 3 heteroatoms. The van der Waals surface area contributed by atoms with E-state index in [4.69, 9.17) is 4.74 Å². The third-order valence-corrected chi connectivity index (χ3v) is 3.54. The number of hydrogen-bond donors (Lipinski definition) is 1. The summed E-state index contributed by atoms with van der Waals surface area (Å²) < 4.78 is 6.86. The lowest BCUT2D eigenvalue weighted by Gasteiger charge is -2.13. The highest BCUT2D eigenvalue weighted by Crippen LogP contribution is 2.29. The number of anilines is 1. The molecule has 2 aromatic carbocycles. The molecule has 2 aromatic rings. The minimum absolute atomic E-state index is 0.576. The SMILES string of the molecule is CC(C)CNc1ccc(Br)c(OCc2ccccc2)c1. The van der Waals surface area contributed by atoms with E-state index < -0.39 is 0 Å². The van der Waals surface area contributed by atoms with E-state index in [1.54, 1.807) is 0 Å². The number of benzene rings is 2. The van der Waals surface area contributed by atoms with Gasteiger partial charge in [-0.25, -0.2) is 0 Å². The summed E-state index contributed by atoms with van der Waals surface area (Å²) in [5, 5.41) is 3.41. The molecular formula is C17H20BrNO. The molecular weight excluding hydrogens is 314 g/mol. The predicted octanol–water partition coefficient (Wildman–Crippen LogP) is 5.10. The monoisotopic (exact) mass is 333 g/mol. The zero-order chi connectivity index (χ0) is 14.4. The van der Waals surface area contributed by atoms with E-state index in [-0.39, 0.29) is 0 Å². The van der Waals surface area contributed by atoms with Gasteiger partial charge in [-0.3, -0.25) is 0 Å². The summed E-state index contributed by atoms with van der Waals surface area (Å²) in [4.78, 5) is 0. The third-order valence-electron chi connectivity index (χ3n) is 2.88. The van der Waals surface area contributed by atoms with Gasteiger partial charge in [-0.05, 0) is 39.5 Å². The Morgan fingerprint density at radius 2 is 1.85 bits per heavy atom. The van der Waals surface area contributed by atoms with Crippen LogP contribution in [0.3, 0.4) is 0 Å². The lowest BCUT2D eigenvalue weighted by Crippen LogP contribution is -2.08. The van der Waals surface area contributed by atoms with E-state index in [9.17, 15) is 0 Å². The molecule has 20 heavy (non-hydrogen) atoms. The molecule has 0 spiro atoms. The topological polar surface area (TPSA) is 21.3 Å². The second-order valence-corrected chi connectivity index (χ2v) is 6.05. The predicted molar refractivity (Wildman–Crippen MR) is 88.2 cm³/mol. The van der Waals surface area contributed by atoms with Crippen molar-refractivity contribution in [3.05, 3.63) is 58.6 Å². The Hall–Kier alpha value is -1.48. The number of nitrogens with one attached hydrogen (secondary N) is 1. The van der Waals surface area contributed by atoms with Crippen molar-refractivity contribution in [2.75, 3.05) is 11.9 Å². The van der Waals surface area contributed by atoms with Crippen molar-refractivity contribution in [2.24, 2.45) is 5.92 Å². The van der Waals surface area contributed by atoms with Gasteiger partial charge >= 0.3 is 0 Å². The number of rotatable bonds is 6. The lowest BCUT2D eigenvalue weighted by molar-refractivity contribution is 0.304. The van der Waals surface area contributed by atoms with Crippen LogP contribution in [0, 0.1) is 5.92 Å². The summed E-state index contributed by atoms with van der Waals surface area (Å²) in [6.45, 7) is 5.92. The van der Waals surface area contributed by atoms with Crippen molar-refractivity contribution >= 4 is 21.6 Å². The van der Waals surface area contributed by atoms with E-state index in [2.05, 4.69) is 53.3 Å². The van der Waals surface area contributed by atoms with Crippen LogP contribution in [0.5, 0.6) is 5.75 Å². The molecule has 0 aliphatic carbocycles. The Kier molecular flexibility index (Phi) is 5.48. The minimum atomic E-state index is 0.576. The maximum atomic E-state index is 5.88. The van der Waals surface area contributed by atoms with Gasteiger partial charge in [-0.1, -0.05) is 44.2 Å². The maximum Gasteiger partial charge on any atom is 0.136 e. The van der Waals surface area contributed by atoms with E-state index in [1.807, 2.05) is 30.3 Å². The standard InChI is InChI=1S/C17H20BrNO/c1-13(2)11-19-15-8-9-16(18)17(10-15)20-12-14-6-4-3-5-7-14/h3-10,13,19H,11-12H2,1-2H3. The van der Waals surface area contributed by atoms with Crippen LogP contribution in [0.25, 0.3) is 0 Å². The molecule has 2 rings (SSSR count). The summed E-state index contributed by atoms with van der Waals surface area (Å²) in [6.07, 6.45) is 0. The fraction of sp³-hybridized carbons (Fsp3) is 0.294. The van der Waals surface area contributed by atoms with Crippen LogP contribution in [-0.4, -0.2) is 6.54 Å². The summed E-state index contributed by atoms with van der Waals surface area (Å²) in [5.74, 6) is 1.48. The minimum Gasteiger partial charge on any atom is -0.488 e. The highest BCUT2D eigenvalue weighted by atomic mass is 79.9. The zero-order valence-corrected chi connectivity index (χ0v) is 13.5. The van der Waals surface area contributed by atoms with Gasteiger partial charge in [0.25, 0.3) is 0 Å². The van der Waals surface area contributed by atoms with Gasteiger partial charge in [0, 0.05) is 18.3 Å². The third kappa shape index (κ3) is 4.57. The first-order valence-corrected chi connectivity index (χ1v) is 7.64. The number of hydrogen-bond acceptors (Lipinski definition) is 2. The smallest absolute Gasteiger partial charge is 0.136 e. The second kappa shape index (κ2) is 7.34. The first kappa shape index (κ1) is 14.9. The van der Waals surface area contributed by atoms with Crippen LogP contribution < -0.4 is 10.1 Å². The molecule has 0 radical (unpaired) electrons. The lowest BCUT2D eigenvalue weighted by atomic mass is 10.2. The van der Waals surface area contributed by atoms with Crippen molar-refractivity contribution < 1.29 is 4.74 Å². The molecule has 0 unspecified atom stereocenters. The van der Waals surface area contributed by atoms with Gasteiger partial charge in [-0.2, -0.15) is 0 Å². The molecule has 2 nitrogen and oxygen atoms in total. The van der Waals surface area contributed by atoms with Crippen LogP contribution in [0.15, 0.2) is 53.0 Å². The van der Waals surface area contributed by atoms with Crippen LogP contribution >= 0.6 is 15.9 Å². The molecule has 0 atom stereocenters. The molecule has 1 N–H and O–H groups in total. The largest absolute Gasteiger partial charge is 0.488 e. The van der Waals surface area contributed by atoms with E-state index in [0.29, 0.717) is 12.5 Å². The highest BCUT2D eigenvalue weighted by Gasteiger charge is 2.04. The van der Waals surface area contributed by atoms with Crippen LogP contribution in [-0.2, 0) is 6.61 Å². The summed E-state index contributed by atoms with van der Waals surface area (Å²) in [6, 6.07) is 16.3. The Morgan fingerprint density at radius 3 is 2.55 bits per heavy atom. The average molecular weight is 334 g/mol. The maximum absolute atomic E-state index is 5.88. The molecule has 0 heterocycles. The normalized spacial score (nSPS) is 10.6. The Bertz CT molecular complexity index is 540. The fourth-order valence-corrected chi connectivity index (χ4v) is 2.14. The Labute approximate surface area is 129 Å². The van der Waals surface area contributed by atoms with Crippen molar-refractivity contribution in [1.29, 1.82) is 0 Å². The molecule has 0 amide bonds. The van der Waals surface area contributed by atoms with Crippen molar-refractivity contribution in [2.45, 2.75) is 20.5 Å². The van der Waals surface area contributed by atoms with Crippen molar-refractivity contribution in [1.82, 2.24) is 0 Å². The number of ether oxygens (including phenoxy) is 1. The molecule has 0 aliphatic heterocycles. The quantitative estimate of drug-likeness (QED) is 0.794. The van der Waals surface area contributed by atoms with E-state index >= 15 is 0 Å². The molecule has 0 aliphatic rings.